The summed E-state index contributed by atoms with van der Waals surface area (Å²) in [5.74, 6) is 0.473. The van der Waals surface area contributed by atoms with Gasteiger partial charge in [0.05, 0.1) is 23.4 Å². The lowest BCUT2D eigenvalue weighted by Gasteiger charge is -2.31. The summed E-state index contributed by atoms with van der Waals surface area (Å²) in [5, 5.41) is 8.87. The van der Waals surface area contributed by atoms with E-state index in [-0.39, 0.29) is 17.4 Å². The Kier molecular flexibility index (Phi) is 3.79. The maximum Gasteiger partial charge on any atom is 0.356 e. The first-order valence-corrected chi connectivity index (χ1v) is 8.05. The van der Waals surface area contributed by atoms with Crippen LogP contribution in [0.3, 0.4) is 0 Å². The van der Waals surface area contributed by atoms with Crippen LogP contribution < -0.4 is 4.90 Å². The number of hydrogen-bond acceptors (Lipinski definition) is 5. The number of hydrogen-bond donors (Lipinski definition) is 2. The molecule has 0 spiro atoms. The zero-order valence-corrected chi connectivity index (χ0v) is 13.3. The van der Waals surface area contributed by atoms with Crippen LogP contribution in [0.15, 0.2) is 30.6 Å². The lowest BCUT2D eigenvalue weighted by molar-refractivity contribution is 0.0690. The number of nitrogens with one attached hydrogen (secondary N) is 1. The fourth-order valence-electron chi connectivity index (χ4n) is 3.17. The van der Waals surface area contributed by atoms with Crippen LogP contribution in [-0.4, -0.2) is 44.1 Å². The van der Waals surface area contributed by atoms with Gasteiger partial charge in [-0.3, -0.25) is 0 Å². The van der Waals surface area contributed by atoms with Gasteiger partial charge >= 0.3 is 5.97 Å². The minimum Gasteiger partial charge on any atom is -0.476 e. The summed E-state index contributed by atoms with van der Waals surface area (Å²) in [6.45, 7) is 1.55. The second-order valence-corrected chi connectivity index (χ2v) is 6.11. The molecule has 2 N–H and O–H groups in total. The van der Waals surface area contributed by atoms with Gasteiger partial charge in [0.15, 0.2) is 5.69 Å². The molecule has 2 aromatic heterocycles. The molecule has 0 atom stereocenters. The predicted octanol–water partition coefficient (Wildman–Crippen LogP) is 2.57. The number of halogens is 1. The van der Waals surface area contributed by atoms with E-state index in [1.165, 1.54) is 24.5 Å². The van der Waals surface area contributed by atoms with E-state index < -0.39 is 5.97 Å². The molecule has 0 aliphatic carbocycles. The summed E-state index contributed by atoms with van der Waals surface area (Å²) in [4.78, 5) is 28.8. The molecule has 1 aliphatic rings. The number of nitrogens with zero attached hydrogens (tertiary/aromatic N) is 4. The minimum atomic E-state index is -1.08. The number of aromatic carboxylic acids is 1. The van der Waals surface area contributed by atoms with Crippen molar-refractivity contribution in [1.82, 2.24) is 19.9 Å². The van der Waals surface area contributed by atoms with Crippen molar-refractivity contribution >= 4 is 22.8 Å². The molecule has 8 heteroatoms. The average molecular weight is 341 g/mol. The van der Waals surface area contributed by atoms with Gasteiger partial charge in [0.2, 0.25) is 0 Å². The van der Waals surface area contributed by atoms with Crippen molar-refractivity contribution in [2.24, 2.45) is 0 Å². The number of carboxylic acids is 1. The third-order valence-corrected chi connectivity index (χ3v) is 4.53. The monoisotopic (exact) mass is 341 g/mol. The molecule has 0 saturated carbocycles. The first-order valence-electron chi connectivity index (χ1n) is 8.05. The number of aromatic nitrogens is 4. The highest BCUT2D eigenvalue weighted by Crippen LogP contribution is 2.29. The molecule has 0 amide bonds. The van der Waals surface area contributed by atoms with E-state index in [9.17, 15) is 9.18 Å². The van der Waals surface area contributed by atoms with Gasteiger partial charge in [-0.05, 0) is 31.0 Å². The molecular formula is C17H16FN5O2. The van der Waals surface area contributed by atoms with E-state index >= 15 is 0 Å². The first kappa shape index (κ1) is 15.5. The fraction of sp³-hybridized carbons (Fsp3) is 0.294. The van der Waals surface area contributed by atoms with E-state index in [0.717, 1.165) is 37.3 Å². The quantitative estimate of drug-likeness (QED) is 0.760. The van der Waals surface area contributed by atoms with Gasteiger partial charge in [0.25, 0.3) is 0 Å². The molecule has 25 heavy (non-hydrogen) atoms. The maximum absolute atomic E-state index is 13.3. The van der Waals surface area contributed by atoms with Crippen molar-refractivity contribution in [3.8, 4) is 0 Å². The molecule has 3 heterocycles. The number of benzene rings is 1. The normalized spacial score (nSPS) is 15.6. The second-order valence-electron chi connectivity index (χ2n) is 6.11. The first-order chi connectivity index (χ1) is 12.1. The number of H-pyrrole nitrogens is 1. The standard InChI is InChI=1S/C17H16FN5O2/c18-11-1-2-12-13(7-11)22-16(21-12)10-3-5-23(6-4-10)15-9-19-14(8-20-15)17(24)25/h1-2,7-10H,3-6H2,(H,21,22)(H,24,25). The number of aromatic amines is 1. The summed E-state index contributed by atoms with van der Waals surface area (Å²) < 4.78 is 13.3. The molecule has 0 bridgehead atoms. The van der Waals surface area contributed by atoms with Crippen LogP contribution in [0.1, 0.15) is 35.1 Å². The van der Waals surface area contributed by atoms with Crippen molar-refractivity contribution in [3.05, 3.63) is 47.9 Å². The molecule has 7 nitrogen and oxygen atoms in total. The van der Waals surface area contributed by atoms with Crippen LogP contribution in [0, 0.1) is 5.82 Å². The number of imidazole rings is 1. The average Bonchev–Trinajstić information content (AvgIpc) is 3.05. The van der Waals surface area contributed by atoms with Crippen molar-refractivity contribution in [1.29, 1.82) is 0 Å². The Morgan fingerprint density at radius 1 is 1.24 bits per heavy atom. The van der Waals surface area contributed by atoms with Crippen LogP contribution in [0.2, 0.25) is 0 Å². The van der Waals surface area contributed by atoms with Crippen molar-refractivity contribution in [3.63, 3.8) is 0 Å². The predicted molar refractivity (Wildman–Crippen MR) is 89.2 cm³/mol. The summed E-state index contributed by atoms with van der Waals surface area (Å²) >= 11 is 0. The molecule has 1 saturated heterocycles. The Balaban J connectivity index is 1.46. The fourth-order valence-corrected chi connectivity index (χ4v) is 3.17. The Morgan fingerprint density at radius 3 is 2.72 bits per heavy atom. The number of piperidine rings is 1. The molecular weight excluding hydrogens is 325 g/mol. The van der Waals surface area contributed by atoms with Gasteiger partial charge in [-0.2, -0.15) is 0 Å². The van der Waals surface area contributed by atoms with Crippen molar-refractivity contribution < 1.29 is 14.3 Å². The van der Waals surface area contributed by atoms with Crippen LogP contribution in [0.25, 0.3) is 11.0 Å². The zero-order valence-electron chi connectivity index (χ0n) is 13.3. The van der Waals surface area contributed by atoms with E-state index in [2.05, 4.69) is 24.8 Å². The number of carbonyl (C=O) groups is 1. The SMILES string of the molecule is O=C(O)c1cnc(N2CCC(c3nc4ccc(F)cc4[nH]3)CC2)cn1. The van der Waals surface area contributed by atoms with Crippen LogP contribution in [-0.2, 0) is 0 Å². The van der Waals surface area contributed by atoms with Gasteiger partial charge in [0, 0.05) is 19.0 Å². The van der Waals surface area contributed by atoms with E-state index in [1.54, 1.807) is 6.07 Å². The highest BCUT2D eigenvalue weighted by atomic mass is 19.1. The smallest absolute Gasteiger partial charge is 0.356 e. The Labute approximate surface area is 142 Å². The Morgan fingerprint density at radius 2 is 2.04 bits per heavy atom. The number of rotatable bonds is 3. The topological polar surface area (TPSA) is 95.0 Å². The lowest BCUT2D eigenvalue weighted by atomic mass is 9.96. The number of carboxylic acid groups (broad SMARTS) is 1. The Hall–Kier alpha value is -3.03. The minimum absolute atomic E-state index is 0.0619. The van der Waals surface area contributed by atoms with E-state index in [1.807, 2.05) is 0 Å². The third kappa shape index (κ3) is 3.02. The lowest BCUT2D eigenvalue weighted by Crippen LogP contribution is -2.34. The molecule has 1 aromatic carbocycles. The van der Waals surface area contributed by atoms with Gasteiger partial charge in [-0.1, -0.05) is 0 Å². The van der Waals surface area contributed by atoms with Crippen molar-refractivity contribution in [2.75, 3.05) is 18.0 Å². The molecule has 0 radical (unpaired) electrons. The molecule has 128 valence electrons. The summed E-state index contributed by atoms with van der Waals surface area (Å²) in [7, 11) is 0. The highest BCUT2D eigenvalue weighted by Gasteiger charge is 2.24. The maximum atomic E-state index is 13.3. The zero-order chi connectivity index (χ0) is 17.4. The molecule has 1 aliphatic heterocycles. The second kappa shape index (κ2) is 6.12. The summed E-state index contributed by atoms with van der Waals surface area (Å²) in [6, 6.07) is 4.55. The largest absolute Gasteiger partial charge is 0.476 e. The van der Waals surface area contributed by atoms with Gasteiger partial charge in [-0.25, -0.2) is 24.1 Å². The molecule has 4 rings (SSSR count). The number of fused-ring (bicyclic) bond motifs is 1. The number of anilines is 1. The summed E-state index contributed by atoms with van der Waals surface area (Å²) in [5.41, 5.74) is 1.43. The molecule has 0 unspecified atom stereocenters. The van der Waals surface area contributed by atoms with E-state index in [4.69, 9.17) is 5.11 Å². The van der Waals surface area contributed by atoms with Crippen LogP contribution in [0.4, 0.5) is 10.2 Å². The van der Waals surface area contributed by atoms with Gasteiger partial charge < -0.3 is 15.0 Å². The summed E-state index contributed by atoms with van der Waals surface area (Å²) in [6.07, 6.45) is 4.53. The van der Waals surface area contributed by atoms with Crippen LogP contribution >= 0.6 is 0 Å². The molecule has 1 fully saturated rings. The van der Waals surface area contributed by atoms with Crippen molar-refractivity contribution in [2.45, 2.75) is 18.8 Å². The van der Waals surface area contributed by atoms with Gasteiger partial charge in [0.1, 0.15) is 17.5 Å². The van der Waals surface area contributed by atoms with Gasteiger partial charge in [-0.15, -0.1) is 0 Å². The third-order valence-electron chi connectivity index (χ3n) is 4.53. The highest BCUT2D eigenvalue weighted by molar-refractivity contribution is 5.84. The van der Waals surface area contributed by atoms with E-state index in [0.29, 0.717) is 11.3 Å². The molecule has 3 aromatic rings. The van der Waals surface area contributed by atoms with Crippen LogP contribution in [0.5, 0.6) is 0 Å². The Bertz CT molecular complexity index is 916.